The Morgan fingerprint density at radius 1 is 1.04 bits per heavy atom. The zero-order valence-electron chi connectivity index (χ0n) is 12.2. The van der Waals surface area contributed by atoms with Crippen molar-refractivity contribution < 1.29 is 22.8 Å². The van der Waals surface area contributed by atoms with Crippen LogP contribution in [0.5, 0.6) is 0 Å². The zero-order valence-corrected chi connectivity index (χ0v) is 12.2. The van der Waals surface area contributed by atoms with E-state index in [-0.39, 0.29) is 12.1 Å². The molecule has 2 heterocycles. The maximum absolute atomic E-state index is 13.8. The van der Waals surface area contributed by atoms with E-state index in [4.69, 9.17) is 0 Å². The monoisotopic (exact) mass is 335 g/mol. The van der Waals surface area contributed by atoms with E-state index >= 15 is 0 Å². The average molecular weight is 335 g/mol. The van der Waals surface area contributed by atoms with Gasteiger partial charge in [0.2, 0.25) is 5.54 Å². The molecule has 1 atom stereocenters. The van der Waals surface area contributed by atoms with Crippen molar-refractivity contribution in [1.29, 1.82) is 0 Å². The van der Waals surface area contributed by atoms with Crippen molar-refractivity contribution in [1.82, 2.24) is 15.2 Å². The number of carbonyl (C=O) groups excluding carboxylic acids is 2. The van der Waals surface area contributed by atoms with Crippen LogP contribution in [0.1, 0.15) is 11.3 Å². The minimum atomic E-state index is -4.99. The quantitative estimate of drug-likeness (QED) is 0.877. The van der Waals surface area contributed by atoms with Gasteiger partial charge in [-0.25, -0.2) is 4.79 Å². The highest BCUT2D eigenvalue weighted by molar-refractivity contribution is 6.08. The molecule has 1 fully saturated rings. The molecule has 0 aliphatic carbocycles. The second kappa shape index (κ2) is 5.63. The second-order valence-electron chi connectivity index (χ2n) is 5.26. The van der Waals surface area contributed by atoms with Crippen LogP contribution in [0.25, 0.3) is 0 Å². The van der Waals surface area contributed by atoms with Gasteiger partial charge in [0.15, 0.2) is 0 Å². The highest BCUT2D eigenvalue weighted by atomic mass is 19.4. The summed E-state index contributed by atoms with van der Waals surface area (Å²) >= 11 is 0. The number of nitrogens with zero attached hydrogens (tertiary/aromatic N) is 2. The van der Waals surface area contributed by atoms with Gasteiger partial charge in [-0.2, -0.15) is 13.2 Å². The fraction of sp³-hybridized carbons (Fsp3) is 0.188. The number of hydrogen-bond acceptors (Lipinski definition) is 3. The number of amides is 3. The molecule has 0 saturated carbocycles. The molecule has 0 spiro atoms. The lowest BCUT2D eigenvalue weighted by Crippen LogP contribution is -2.55. The molecule has 1 aromatic heterocycles. The van der Waals surface area contributed by atoms with Crippen LogP contribution in [0, 0.1) is 0 Å². The van der Waals surface area contributed by atoms with Crippen molar-refractivity contribution >= 4 is 11.9 Å². The van der Waals surface area contributed by atoms with Gasteiger partial charge in [-0.15, -0.1) is 0 Å². The van der Waals surface area contributed by atoms with Crippen molar-refractivity contribution in [3.8, 4) is 0 Å². The van der Waals surface area contributed by atoms with Crippen LogP contribution in [-0.2, 0) is 16.9 Å². The normalized spacial score (nSPS) is 21.0. The van der Waals surface area contributed by atoms with E-state index in [0.717, 1.165) is 12.1 Å². The van der Waals surface area contributed by atoms with E-state index in [0.29, 0.717) is 10.6 Å². The molecule has 3 rings (SSSR count). The molecule has 124 valence electrons. The van der Waals surface area contributed by atoms with Gasteiger partial charge in [0, 0.05) is 6.20 Å². The molecule has 5 nitrogen and oxygen atoms in total. The summed E-state index contributed by atoms with van der Waals surface area (Å²) in [6, 6.07) is 10.3. The Balaban J connectivity index is 2.03. The molecule has 0 bridgehead atoms. The molecule has 3 amide bonds. The van der Waals surface area contributed by atoms with Crippen molar-refractivity contribution in [2.45, 2.75) is 18.3 Å². The minimum Gasteiger partial charge on any atom is -0.312 e. The summed E-state index contributed by atoms with van der Waals surface area (Å²) in [6.07, 6.45) is -3.55. The molecule has 1 aliphatic rings. The third-order valence-electron chi connectivity index (χ3n) is 3.78. The standard InChI is InChI=1S/C16H12F3N3O2/c17-16(18,19)15(11-6-2-1-3-7-11)13(23)22(14(24)21-15)10-12-8-4-5-9-20-12/h1-9H,10H2,(H,21,24)/t15-/m0/s1. The Morgan fingerprint density at radius 2 is 1.71 bits per heavy atom. The third-order valence-corrected chi connectivity index (χ3v) is 3.78. The zero-order chi connectivity index (χ0) is 17.4. The first kappa shape index (κ1) is 16.0. The Bertz CT molecular complexity index is 765. The smallest absolute Gasteiger partial charge is 0.312 e. The van der Waals surface area contributed by atoms with Crippen LogP contribution in [0.15, 0.2) is 54.7 Å². The van der Waals surface area contributed by atoms with Crippen LogP contribution in [0.2, 0.25) is 0 Å². The molecule has 0 unspecified atom stereocenters. The lowest BCUT2D eigenvalue weighted by molar-refractivity contribution is -0.198. The van der Waals surface area contributed by atoms with E-state index in [2.05, 4.69) is 4.98 Å². The summed E-state index contributed by atoms with van der Waals surface area (Å²) in [6.45, 7) is -0.337. The Morgan fingerprint density at radius 3 is 2.29 bits per heavy atom. The van der Waals surface area contributed by atoms with Gasteiger partial charge in [0.1, 0.15) is 0 Å². The molecule has 0 radical (unpaired) electrons. The average Bonchev–Trinajstić information content (AvgIpc) is 2.82. The predicted molar refractivity (Wildman–Crippen MR) is 77.5 cm³/mol. The molecular formula is C16H12F3N3O2. The molecule has 1 aromatic carbocycles. The van der Waals surface area contributed by atoms with Gasteiger partial charge in [0.25, 0.3) is 5.91 Å². The van der Waals surface area contributed by atoms with E-state index in [1.807, 2.05) is 5.32 Å². The Kier molecular flexibility index (Phi) is 3.75. The van der Waals surface area contributed by atoms with Gasteiger partial charge in [-0.3, -0.25) is 14.7 Å². The second-order valence-corrected chi connectivity index (χ2v) is 5.26. The summed E-state index contributed by atoms with van der Waals surface area (Å²) in [5.41, 5.74) is -3.11. The Hall–Kier alpha value is -2.90. The lowest BCUT2D eigenvalue weighted by atomic mass is 9.89. The summed E-state index contributed by atoms with van der Waals surface area (Å²) in [4.78, 5) is 29.1. The largest absolute Gasteiger partial charge is 0.425 e. The number of carbonyl (C=O) groups is 2. The number of hydrogen-bond donors (Lipinski definition) is 1. The first-order valence-electron chi connectivity index (χ1n) is 7.02. The molecule has 1 aliphatic heterocycles. The van der Waals surface area contributed by atoms with Gasteiger partial charge in [0.05, 0.1) is 12.2 Å². The summed E-state index contributed by atoms with van der Waals surface area (Å²) in [5, 5.41) is 1.83. The van der Waals surface area contributed by atoms with Crippen LogP contribution in [-0.4, -0.2) is 28.0 Å². The van der Waals surface area contributed by atoms with E-state index in [1.54, 1.807) is 12.1 Å². The maximum atomic E-state index is 13.8. The molecule has 8 heteroatoms. The molecular weight excluding hydrogens is 323 g/mol. The van der Waals surface area contributed by atoms with Gasteiger partial charge < -0.3 is 5.32 Å². The molecule has 24 heavy (non-hydrogen) atoms. The van der Waals surface area contributed by atoms with E-state index < -0.39 is 23.7 Å². The maximum Gasteiger partial charge on any atom is 0.425 e. The number of aromatic nitrogens is 1. The highest BCUT2D eigenvalue weighted by Crippen LogP contribution is 2.43. The van der Waals surface area contributed by atoms with Crippen molar-refractivity contribution in [3.63, 3.8) is 0 Å². The number of alkyl halides is 3. The number of pyridine rings is 1. The van der Waals surface area contributed by atoms with Crippen LogP contribution in [0.3, 0.4) is 0 Å². The summed E-state index contributed by atoms with van der Waals surface area (Å²) in [5.74, 6) is -1.36. The minimum absolute atomic E-state index is 0.312. The first-order chi connectivity index (χ1) is 11.4. The molecule has 1 N–H and O–H groups in total. The fourth-order valence-electron chi connectivity index (χ4n) is 2.61. The number of halogens is 3. The molecule has 2 aromatic rings. The van der Waals surface area contributed by atoms with Crippen molar-refractivity contribution in [2.75, 3.05) is 0 Å². The SMILES string of the molecule is O=C1N[C@](c2ccccc2)(C(F)(F)F)C(=O)N1Cc1ccccn1. The first-order valence-corrected chi connectivity index (χ1v) is 7.02. The van der Waals surface area contributed by atoms with Crippen LogP contribution in [0.4, 0.5) is 18.0 Å². The van der Waals surface area contributed by atoms with E-state index in [1.165, 1.54) is 30.5 Å². The summed E-state index contributed by atoms with van der Waals surface area (Å²) in [7, 11) is 0. The Labute approximate surface area is 135 Å². The van der Waals surface area contributed by atoms with Crippen molar-refractivity contribution in [2.24, 2.45) is 0 Å². The number of benzene rings is 1. The van der Waals surface area contributed by atoms with Crippen LogP contribution < -0.4 is 5.32 Å². The van der Waals surface area contributed by atoms with Gasteiger partial charge in [-0.05, 0) is 17.7 Å². The summed E-state index contributed by atoms with van der Waals surface area (Å²) < 4.78 is 41.3. The number of nitrogens with one attached hydrogen (secondary N) is 1. The molecule has 1 saturated heterocycles. The topological polar surface area (TPSA) is 62.3 Å². The highest BCUT2D eigenvalue weighted by Gasteiger charge is 2.68. The van der Waals surface area contributed by atoms with Gasteiger partial charge >= 0.3 is 12.2 Å². The number of urea groups is 1. The fourth-order valence-corrected chi connectivity index (χ4v) is 2.61. The number of rotatable bonds is 3. The lowest BCUT2D eigenvalue weighted by Gasteiger charge is -2.29. The van der Waals surface area contributed by atoms with Crippen LogP contribution >= 0.6 is 0 Å². The third kappa shape index (κ3) is 2.40. The number of imide groups is 1. The van der Waals surface area contributed by atoms with Gasteiger partial charge in [-0.1, -0.05) is 36.4 Å². The predicted octanol–water partition coefficient (Wildman–Crippen LogP) is 2.59. The van der Waals surface area contributed by atoms with E-state index in [9.17, 15) is 22.8 Å². The van der Waals surface area contributed by atoms with Crippen molar-refractivity contribution in [3.05, 3.63) is 66.0 Å².